The van der Waals surface area contributed by atoms with Gasteiger partial charge in [-0.2, -0.15) is 0 Å². The fraction of sp³-hybridized carbons (Fsp3) is 0.0769. The van der Waals surface area contributed by atoms with Gasteiger partial charge in [0.15, 0.2) is 11.6 Å². The van der Waals surface area contributed by atoms with Crippen molar-refractivity contribution in [3.05, 3.63) is 41.7 Å². The Labute approximate surface area is 103 Å². The first kappa shape index (κ1) is 10.6. The van der Waals surface area contributed by atoms with Crippen molar-refractivity contribution in [1.82, 2.24) is 9.97 Å². The van der Waals surface area contributed by atoms with Gasteiger partial charge in [0, 0.05) is 0 Å². The third-order valence-corrected chi connectivity index (χ3v) is 2.75. The molecule has 3 aromatic rings. The SMILES string of the molecule is Cc1ccc(-c2nc3c(C(N)=O)cccc3[nH]2)o1. The minimum atomic E-state index is -0.491. The molecule has 5 heteroatoms. The highest BCUT2D eigenvalue weighted by atomic mass is 16.3. The van der Waals surface area contributed by atoms with Crippen LogP contribution >= 0.6 is 0 Å². The fourth-order valence-electron chi connectivity index (χ4n) is 1.91. The van der Waals surface area contributed by atoms with Crippen molar-refractivity contribution in [2.45, 2.75) is 6.92 Å². The fourth-order valence-corrected chi connectivity index (χ4v) is 1.91. The molecule has 3 rings (SSSR count). The van der Waals surface area contributed by atoms with E-state index in [4.69, 9.17) is 10.2 Å². The van der Waals surface area contributed by atoms with Crippen molar-refractivity contribution in [2.24, 2.45) is 5.73 Å². The number of carbonyl (C=O) groups is 1. The zero-order valence-corrected chi connectivity index (χ0v) is 9.73. The number of fused-ring (bicyclic) bond motifs is 1. The van der Waals surface area contributed by atoms with Crippen LogP contribution in [0.4, 0.5) is 0 Å². The maximum Gasteiger partial charge on any atom is 0.250 e. The van der Waals surface area contributed by atoms with Crippen LogP contribution in [0.2, 0.25) is 0 Å². The van der Waals surface area contributed by atoms with Gasteiger partial charge in [-0.1, -0.05) is 6.07 Å². The lowest BCUT2D eigenvalue weighted by molar-refractivity contribution is 0.100. The number of primary amides is 1. The number of aromatic nitrogens is 2. The van der Waals surface area contributed by atoms with E-state index in [9.17, 15) is 4.79 Å². The Kier molecular flexibility index (Phi) is 2.19. The monoisotopic (exact) mass is 241 g/mol. The third-order valence-electron chi connectivity index (χ3n) is 2.75. The number of hydrogen-bond acceptors (Lipinski definition) is 3. The predicted molar refractivity (Wildman–Crippen MR) is 67.1 cm³/mol. The number of aryl methyl sites for hydroxylation is 1. The average molecular weight is 241 g/mol. The summed E-state index contributed by atoms with van der Waals surface area (Å²) in [5.41, 5.74) is 7.04. The van der Waals surface area contributed by atoms with Gasteiger partial charge >= 0.3 is 0 Å². The number of nitrogens with two attached hydrogens (primary N) is 1. The van der Waals surface area contributed by atoms with E-state index in [-0.39, 0.29) is 0 Å². The summed E-state index contributed by atoms with van der Waals surface area (Å²) >= 11 is 0. The molecular weight excluding hydrogens is 230 g/mol. The van der Waals surface area contributed by atoms with E-state index in [0.29, 0.717) is 22.7 Å². The zero-order chi connectivity index (χ0) is 12.7. The van der Waals surface area contributed by atoms with Crippen molar-refractivity contribution in [2.75, 3.05) is 0 Å². The Morgan fingerprint density at radius 1 is 1.33 bits per heavy atom. The number of H-pyrrole nitrogens is 1. The van der Waals surface area contributed by atoms with Crippen molar-refractivity contribution < 1.29 is 9.21 Å². The molecule has 0 spiro atoms. The summed E-state index contributed by atoms with van der Waals surface area (Å²) in [5, 5.41) is 0. The summed E-state index contributed by atoms with van der Waals surface area (Å²) in [6.07, 6.45) is 0. The number of hydrogen-bond donors (Lipinski definition) is 2. The lowest BCUT2D eigenvalue weighted by Crippen LogP contribution is -2.11. The lowest BCUT2D eigenvalue weighted by Gasteiger charge is -1.94. The molecule has 0 unspecified atom stereocenters. The summed E-state index contributed by atoms with van der Waals surface area (Å²) in [7, 11) is 0. The summed E-state index contributed by atoms with van der Waals surface area (Å²) < 4.78 is 5.49. The van der Waals surface area contributed by atoms with Gasteiger partial charge in [-0.25, -0.2) is 4.98 Å². The first-order chi connectivity index (χ1) is 8.65. The van der Waals surface area contributed by atoms with Gasteiger partial charge in [-0.05, 0) is 31.2 Å². The number of benzene rings is 1. The molecule has 0 aliphatic carbocycles. The molecule has 0 aliphatic heterocycles. The summed E-state index contributed by atoms with van der Waals surface area (Å²) in [6.45, 7) is 1.86. The van der Waals surface area contributed by atoms with Crippen LogP contribution in [0.25, 0.3) is 22.6 Å². The van der Waals surface area contributed by atoms with Crippen molar-refractivity contribution in [1.29, 1.82) is 0 Å². The Morgan fingerprint density at radius 3 is 2.83 bits per heavy atom. The molecule has 2 aromatic heterocycles. The van der Waals surface area contributed by atoms with Gasteiger partial charge in [-0.3, -0.25) is 4.79 Å². The van der Waals surface area contributed by atoms with Crippen LogP contribution in [0.5, 0.6) is 0 Å². The molecule has 0 aliphatic rings. The maximum absolute atomic E-state index is 11.3. The minimum Gasteiger partial charge on any atom is -0.458 e. The van der Waals surface area contributed by atoms with Crippen LogP contribution in [0.15, 0.2) is 34.7 Å². The van der Waals surface area contributed by atoms with Gasteiger partial charge < -0.3 is 15.1 Å². The molecule has 90 valence electrons. The van der Waals surface area contributed by atoms with Crippen LogP contribution in [0.3, 0.4) is 0 Å². The first-order valence-corrected chi connectivity index (χ1v) is 5.50. The molecular formula is C13H11N3O2. The van der Waals surface area contributed by atoms with Crippen LogP contribution in [0, 0.1) is 6.92 Å². The molecule has 0 saturated heterocycles. The lowest BCUT2D eigenvalue weighted by atomic mass is 10.2. The van der Waals surface area contributed by atoms with Crippen LogP contribution in [-0.2, 0) is 0 Å². The second-order valence-electron chi connectivity index (χ2n) is 4.06. The normalized spacial score (nSPS) is 10.9. The van der Waals surface area contributed by atoms with Crippen LogP contribution in [0.1, 0.15) is 16.1 Å². The molecule has 2 heterocycles. The number of amides is 1. The number of imidazole rings is 1. The predicted octanol–water partition coefficient (Wildman–Crippen LogP) is 2.23. The molecule has 0 atom stereocenters. The number of para-hydroxylation sites is 1. The van der Waals surface area contributed by atoms with E-state index < -0.39 is 5.91 Å². The number of carbonyl (C=O) groups excluding carboxylic acids is 1. The number of furan rings is 1. The largest absolute Gasteiger partial charge is 0.458 e. The van der Waals surface area contributed by atoms with E-state index in [0.717, 1.165) is 11.3 Å². The summed E-state index contributed by atoms with van der Waals surface area (Å²) in [4.78, 5) is 18.8. The van der Waals surface area contributed by atoms with Crippen molar-refractivity contribution in [3.8, 4) is 11.6 Å². The topological polar surface area (TPSA) is 84.9 Å². The van der Waals surface area contributed by atoms with Gasteiger partial charge in [0.25, 0.3) is 5.91 Å². The molecule has 3 N–H and O–H groups in total. The second kappa shape index (κ2) is 3.73. The van der Waals surface area contributed by atoms with E-state index in [1.54, 1.807) is 12.1 Å². The van der Waals surface area contributed by atoms with E-state index in [1.165, 1.54) is 0 Å². The standard InChI is InChI=1S/C13H11N3O2/c1-7-5-6-10(18-7)13-15-9-4-2-3-8(12(14)17)11(9)16-13/h2-6H,1H3,(H2,14,17)(H,15,16). The molecule has 1 amide bonds. The molecule has 0 radical (unpaired) electrons. The first-order valence-electron chi connectivity index (χ1n) is 5.50. The van der Waals surface area contributed by atoms with Crippen molar-refractivity contribution >= 4 is 16.9 Å². The van der Waals surface area contributed by atoms with Gasteiger partial charge in [-0.15, -0.1) is 0 Å². The van der Waals surface area contributed by atoms with E-state index in [1.807, 2.05) is 25.1 Å². The number of rotatable bonds is 2. The Bertz CT molecular complexity index is 740. The van der Waals surface area contributed by atoms with Crippen LogP contribution < -0.4 is 5.73 Å². The average Bonchev–Trinajstić information content (AvgIpc) is 2.93. The van der Waals surface area contributed by atoms with E-state index >= 15 is 0 Å². The van der Waals surface area contributed by atoms with Gasteiger partial charge in [0.1, 0.15) is 11.3 Å². The Hall–Kier alpha value is -2.56. The highest BCUT2D eigenvalue weighted by molar-refractivity contribution is 6.04. The molecule has 1 aromatic carbocycles. The molecule has 5 nitrogen and oxygen atoms in total. The highest BCUT2D eigenvalue weighted by Gasteiger charge is 2.13. The minimum absolute atomic E-state index is 0.401. The van der Waals surface area contributed by atoms with Crippen molar-refractivity contribution in [3.63, 3.8) is 0 Å². The summed E-state index contributed by atoms with van der Waals surface area (Å²) in [6, 6.07) is 8.95. The number of nitrogens with one attached hydrogen (secondary N) is 1. The summed E-state index contributed by atoms with van der Waals surface area (Å²) in [5.74, 6) is 1.54. The Morgan fingerprint density at radius 2 is 2.17 bits per heavy atom. The van der Waals surface area contributed by atoms with E-state index in [2.05, 4.69) is 9.97 Å². The molecule has 0 bridgehead atoms. The zero-order valence-electron chi connectivity index (χ0n) is 9.73. The maximum atomic E-state index is 11.3. The molecule has 0 fully saturated rings. The highest BCUT2D eigenvalue weighted by Crippen LogP contribution is 2.24. The molecule has 18 heavy (non-hydrogen) atoms. The third kappa shape index (κ3) is 1.57. The molecule has 0 saturated carbocycles. The van der Waals surface area contributed by atoms with Crippen LogP contribution in [-0.4, -0.2) is 15.9 Å². The smallest absolute Gasteiger partial charge is 0.250 e. The quantitative estimate of drug-likeness (QED) is 0.721. The van der Waals surface area contributed by atoms with Gasteiger partial charge in [0.05, 0.1) is 11.1 Å². The van der Waals surface area contributed by atoms with Gasteiger partial charge in [0.2, 0.25) is 0 Å². The number of aromatic amines is 1. The second-order valence-corrected chi connectivity index (χ2v) is 4.06. The Balaban J connectivity index is 2.22. The number of nitrogens with zero attached hydrogens (tertiary/aromatic N) is 1.